The maximum absolute atomic E-state index is 13.1. The molecule has 5 nitrogen and oxygen atoms in total. The van der Waals surface area contributed by atoms with Gasteiger partial charge in [0.25, 0.3) is 5.91 Å². The molecule has 1 atom stereocenters. The maximum Gasteiger partial charge on any atom is 0.281 e. The topological polar surface area (TPSA) is 51.1 Å². The van der Waals surface area contributed by atoms with Gasteiger partial charge >= 0.3 is 0 Å². The summed E-state index contributed by atoms with van der Waals surface area (Å²) in [5.74, 6) is 0.883. The molecule has 4 rings (SSSR count). The predicted octanol–water partition coefficient (Wildman–Crippen LogP) is 5.76. The molecular formula is C24H20Cl2N2O3. The Kier molecular flexibility index (Phi) is 6.44. The number of hydrogen-bond acceptors (Lipinski definition) is 4. The lowest BCUT2D eigenvalue weighted by Gasteiger charge is -2.22. The predicted molar refractivity (Wildman–Crippen MR) is 122 cm³/mol. The zero-order valence-corrected chi connectivity index (χ0v) is 18.3. The summed E-state index contributed by atoms with van der Waals surface area (Å²) in [6.07, 6.45) is 0.601. The summed E-state index contributed by atoms with van der Waals surface area (Å²) in [4.78, 5) is 13.1. The van der Waals surface area contributed by atoms with E-state index in [9.17, 15) is 4.79 Å². The normalized spacial score (nSPS) is 15.5. The molecule has 0 saturated carbocycles. The third kappa shape index (κ3) is 4.84. The number of benzene rings is 3. The highest BCUT2D eigenvalue weighted by molar-refractivity contribution is 6.35. The SMILES string of the molecule is COc1ccc(C2CC(c3ccccc3)=NN2C(=O)COc2ccc(Cl)cc2Cl)cc1. The van der Waals surface area contributed by atoms with Crippen molar-refractivity contribution in [2.24, 2.45) is 5.10 Å². The van der Waals surface area contributed by atoms with E-state index in [1.54, 1.807) is 25.3 Å². The smallest absolute Gasteiger partial charge is 0.281 e. The van der Waals surface area contributed by atoms with E-state index in [1.807, 2.05) is 54.6 Å². The minimum Gasteiger partial charge on any atom is -0.497 e. The molecule has 7 heteroatoms. The van der Waals surface area contributed by atoms with Crippen molar-refractivity contribution < 1.29 is 14.3 Å². The van der Waals surface area contributed by atoms with Crippen LogP contribution >= 0.6 is 23.2 Å². The van der Waals surface area contributed by atoms with Crippen molar-refractivity contribution in [3.63, 3.8) is 0 Å². The Morgan fingerprint density at radius 1 is 1.06 bits per heavy atom. The van der Waals surface area contributed by atoms with Crippen LogP contribution in [0.4, 0.5) is 0 Å². The van der Waals surface area contributed by atoms with E-state index in [4.69, 9.17) is 32.7 Å². The minimum absolute atomic E-state index is 0.195. The summed E-state index contributed by atoms with van der Waals surface area (Å²) in [5.41, 5.74) is 2.80. The summed E-state index contributed by atoms with van der Waals surface area (Å²) in [6, 6.07) is 22.1. The summed E-state index contributed by atoms with van der Waals surface area (Å²) < 4.78 is 10.9. The van der Waals surface area contributed by atoms with Crippen molar-refractivity contribution in [2.75, 3.05) is 13.7 Å². The fourth-order valence-corrected chi connectivity index (χ4v) is 3.89. The molecular weight excluding hydrogens is 435 g/mol. The summed E-state index contributed by atoms with van der Waals surface area (Å²) in [6.45, 7) is -0.195. The average molecular weight is 455 g/mol. The second-order valence-electron chi connectivity index (χ2n) is 7.01. The van der Waals surface area contributed by atoms with Gasteiger partial charge in [-0.3, -0.25) is 4.79 Å². The van der Waals surface area contributed by atoms with Gasteiger partial charge in [-0.2, -0.15) is 5.10 Å². The zero-order valence-electron chi connectivity index (χ0n) is 16.8. The van der Waals surface area contributed by atoms with Gasteiger partial charge in [0.1, 0.15) is 11.5 Å². The molecule has 158 valence electrons. The van der Waals surface area contributed by atoms with Crippen LogP contribution in [0.1, 0.15) is 23.6 Å². The van der Waals surface area contributed by atoms with Gasteiger partial charge in [0, 0.05) is 11.4 Å². The maximum atomic E-state index is 13.1. The van der Waals surface area contributed by atoms with Gasteiger partial charge in [-0.15, -0.1) is 0 Å². The number of hydrogen-bond donors (Lipinski definition) is 0. The van der Waals surface area contributed by atoms with E-state index in [0.717, 1.165) is 22.6 Å². The largest absolute Gasteiger partial charge is 0.497 e. The Hall–Kier alpha value is -3.02. The molecule has 1 unspecified atom stereocenters. The van der Waals surface area contributed by atoms with Crippen LogP contribution in [-0.4, -0.2) is 30.3 Å². The molecule has 1 aliphatic rings. The van der Waals surface area contributed by atoms with E-state index < -0.39 is 0 Å². The van der Waals surface area contributed by atoms with Crippen molar-refractivity contribution in [1.29, 1.82) is 0 Å². The second kappa shape index (κ2) is 9.41. The monoisotopic (exact) mass is 454 g/mol. The highest BCUT2D eigenvalue weighted by atomic mass is 35.5. The van der Waals surface area contributed by atoms with Crippen molar-refractivity contribution in [1.82, 2.24) is 5.01 Å². The van der Waals surface area contributed by atoms with Crippen LogP contribution in [0.5, 0.6) is 11.5 Å². The first-order chi connectivity index (χ1) is 15.0. The van der Waals surface area contributed by atoms with E-state index in [2.05, 4.69) is 5.10 Å². The number of methoxy groups -OCH3 is 1. The molecule has 1 aliphatic heterocycles. The molecule has 0 aliphatic carbocycles. The van der Waals surface area contributed by atoms with Crippen LogP contribution in [0.2, 0.25) is 10.0 Å². The van der Waals surface area contributed by atoms with Crippen molar-refractivity contribution >= 4 is 34.8 Å². The number of ether oxygens (including phenoxy) is 2. The second-order valence-corrected chi connectivity index (χ2v) is 7.85. The van der Waals surface area contributed by atoms with Gasteiger partial charge in [-0.05, 0) is 41.5 Å². The molecule has 3 aromatic rings. The van der Waals surface area contributed by atoms with Crippen molar-refractivity contribution in [3.05, 3.63) is 94.0 Å². The van der Waals surface area contributed by atoms with Gasteiger partial charge in [-0.1, -0.05) is 65.7 Å². The highest BCUT2D eigenvalue weighted by Crippen LogP contribution is 2.34. The van der Waals surface area contributed by atoms with Crippen LogP contribution < -0.4 is 9.47 Å². The van der Waals surface area contributed by atoms with Gasteiger partial charge in [0.2, 0.25) is 0 Å². The van der Waals surface area contributed by atoms with E-state index in [1.165, 1.54) is 5.01 Å². The zero-order chi connectivity index (χ0) is 21.8. The standard InChI is InChI=1S/C24H20Cl2N2O3/c1-30-19-10-7-17(8-11-19)22-14-21(16-5-3-2-4-6-16)27-28(22)24(29)15-31-23-12-9-18(25)13-20(23)26/h2-13,22H,14-15H2,1H3. The number of amides is 1. The van der Waals surface area contributed by atoms with Crippen LogP contribution in [0.15, 0.2) is 77.9 Å². The Morgan fingerprint density at radius 2 is 1.81 bits per heavy atom. The molecule has 1 amide bonds. The molecule has 0 radical (unpaired) electrons. The third-order valence-corrected chi connectivity index (χ3v) is 5.55. The molecule has 3 aromatic carbocycles. The first kappa shape index (κ1) is 21.2. The molecule has 0 fully saturated rings. The van der Waals surface area contributed by atoms with Gasteiger partial charge in [0.05, 0.1) is 23.9 Å². The van der Waals surface area contributed by atoms with E-state index in [0.29, 0.717) is 22.2 Å². The number of carbonyl (C=O) groups excluding carboxylic acids is 1. The third-order valence-electron chi connectivity index (χ3n) is 5.02. The van der Waals surface area contributed by atoms with Gasteiger partial charge in [0.15, 0.2) is 6.61 Å². The Labute approximate surface area is 190 Å². The molecule has 0 bridgehead atoms. The lowest BCUT2D eigenvalue weighted by Crippen LogP contribution is -2.31. The quantitative estimate of drug-likeness (QED) is 0.475. The van der Waals surface area contributed by atoms with E-state index in [-0.39, 0.29) is 18.6 Å². The average Bonchev–Trinajstić information content (AvgIpc) is 3.25. The Bertz CT molecular complexity index is 1100. The fourth-order valence-electron chi connectivity index (χ4n) is 3.43. The summed E-state index contributed by atoms with van der Waals surface area (Å²) in [5, 5.41) is 6.99. The van der Waals surface area contributed by atoms with Crippen LogP contribution in [-0.2, 0) is 4.79 Å². The first-order valence-corrected chi connectivity index (χ1v) is 10.5. The molecule has 1 heterocycles. The summed E-state index contributed by atoms with van der Waals surface area (Å²) in [7, 11) is 1.62. The van der Waals surface area contributed by atoms with Crippen LogP contribution in [0.3, 0.4) is 0 Å². The number of halogens is 2. The fraction of sp³-hybridized carbons (Fsp3) is 0.167. The lowest BCUT2D eigenvalue weighted by atomic mass is 9.98. The molecule has 0 spiro atoms. The summed E-state index contributed by atoms with van der Waals surface area (Å²) >= 11 is 12.1. The number of hydrazone groups is 1. The number of carbonyl (C=O) groups is 1. The lowest BCUT2D eigenvalue weighted by molar-refractivity contribution is -0.135. The highest BCUT2D eigenvalue weighted by Gasteiger charge is 2.33. The molecule has 31 heavy (non-hydrogen) atoms. The molecule has 0 N–H and O–H groups in total. The Morgan fingerprint density at radius 3 is 2.48 bits per heavy atom. The van der Waals surface area contributed by atoms with Gasteiger partial charge < -0.3 is 9.47 Å². The first-order valence-electron chi connectivity index (χ1n) is 9.72. The molecule has 0 aromatic heterocycles. The number of nitrogens with zero attached hydrogens (tertiary/aromatic N) is 2. The number of rotatable bonds is 6. The van der Waals surface area contributed by atoms with Gasteiger partial charge in [-0.25, -0.2) is 5.01 Å². The van der Waals surface area contributed by atoms with Crippen molar-refractivity contribution in [2.45, 2.75) is 12.5 Å². The van der Waals surface area contributed by atoms with Crippen molar-refractivity contribution in [3.8, 4) is 11.5 Å². The van der Waals surface area contributed by atoms with Crippen LogP contribution in [0.25, 0.3) is 0 Å². The molecule has 0 saturated heterocycles. The minimum atomic E-state index is -0.266. The Balaban J connectivity index is 1.57. The van der Waals surface area contributed by atoms with E-state index >= 15 is 0 Å². The van der Waals surface area contributed by atoms with Crippen LogP contribution in [0, 0.1) is 0 Å².